The average molecular weight is 428 g/mol. The Morgan fingerprint density at radius 3 is 2.19 bits per heavy atom. The number of carbonyl (C=O) groups excluding carboxylic acids is 1. The van der Waals surface area contributed by atoms with Gasteiger partial charge in [-0.05, 0) is 103 Å². The second-order valence-corrected chi connectivity index (χ2v) is 10.2. The molecule has 4 nitrogen and oxygen atoms in total. The predicted molar refractivity (Wildman–Crippen MR) is 125 cm³/mol. The maximum Gasteiger partial charge on any atom is 0.356 e. The van der Waals surface area contributed by atoms with Gasteiger partial charge in [0.15, 0.2) is 0 Å². The smallest absolute Gasteiger partial charge is 0.356 e. The minimum absolute atomic E-state index is 0.282. The van der Waals surface area contributed by atoms with Gasteiger partial charge in [-0.15, -0.1) is 0 Å². The van der Waals surface area contributed by atoms with E-state index in [4.69, 9.17) is 9.47 Å². The molecule has 0 amide bonds. The van der Waals surface area contributed by atoms with Crippen molar-refractivity contribution in [1.29, 1.82) is 0 Å². The molecule has 1 aromatic heterocycles. The Kier molecular flexibility index (Phi) is 4.53. The third kappa shape index (κ3) is 3.11. The highest BCUT2D eigenvalue weighted by molar-refractivity contribution is 5.92. The molecule has 0 saturated heterocycles. The van der Waals surface area contributed by atoms with E-state index in [2.05, 4.69) is 35.3 Å². The predicted octanol–water partition coefficient (Wildman–Crippen LogP) is 6.16. The number of hydrogen-bond donors (Lipinski definition) is 0. The lowest BCUT2D eigenvalue weighted by atomic mass is 9.48. The van der Waals surface area contributed by atoms with Crippen LogP contribution in [-0.2, 0) is 10.2 Å². The van der Waals surface area contributed by atoms with Gasteiger partial charge >= 0.3 is 5.97 Å². The van der Waals surface area contributed by atoms with Crippen LogP contribution in [-0.4, -0.2) is 25.2 Å². The standard InChI is InChI=1S/C28H29NO3/c1-31-26-8-5-21(13-23(26)28-14-17-9-18(15-28)11-19(10-17)16-28)20-3-6-24-22(12-20)4-7-25(29-24)27(30)32-2/h3-8,12-13,17-19H,9-11,14-16H2,1-2H3. The van der Waals surface area contributed by atoms with Crippen LogP contribution in [0, 0.1) is 17.8 Å². The maximum atomic E-state index is 11.8. The van der Waals surface area contributed by atoms with Crippen LogP contribution in [0.3, 0.4) is 0 Å². The molecular formula is C28H29NO3. The van der Waals surface area contributed by atoms with Gasteiger partial charge in [0.05, 0.1) is 19.7 Å². The molecule has 0 N–H and O–H groups in total. The molecule has 1 heterocycles. The number of methoxy groups -OCH3 is 2. The van der Waals surface area contributed by atoms with Crippen LogP contribution in [0.25, 0.3) is 22.0 Å². The van der Waals surface area contributed by atoms with Crippen LogP contribution >= 0.6 is 0 Å². The molecule has 7 rings (SSSR count). The number of fused-ring (bicyclic) bond motifs is 1. The van der Waals surface area contributed by atoms with Crippen molar-refractivity contribution in [3.8, 4) is 16.9 Å². The summed E-state index contributed by atoms with van der Waals surface area (Å²) in [6.45, 7) is 0. The number of rotatable bonds is 4. The van der Waals surface area contributed by atoms with Crippen LogP contribution < -0.4 is 4.74 Å². The van der Waals surface area contributed by atoms with E-state index < -0.39 is 5.97 Å². The van der Waals surface area contributed by atoms with Crippen LogP contribution in [0.2, 0.25) is 0 Å². The van der Waals surface area contributed by atoms with E-state index >= 15 is 0 Å². The summed E-state index contributed by atoms with van der Waals surface area (Å²) in [6.07, 6.45) is 8.26. The van der Waals surface area contributed by atoms with E-state index in [1.165, 1.54) is 62.3 Å². The number of pyridine rings is 1. The molecular weight excluding hydrogens is 398 g/mol. The molecule has 2 aromatic carbocycles. The van der Waals surface area contributed by atoms with Gasteiger partial charge in [0.2, 0.25) is 0 Å². The molecule has 32 heavy (non-hydrogen) atoms. The highest BCUT2D eigenvalue weighted by atomic mass is 16.5. The molecule has 3 aromatic rings. The highest BCUT2D eigenvalue weighted by Crippen LogP contribution is 2.62. The molecule has 164 valence electrons. The van der Waals surface area contributed by atoms with Gasteiger partial charge in [0.1, 0.15) is 11.4 Å². The van der Waals surface area contributed by atoms with Gasteiger partial charge in [-0.3, -0.25) is 0 Å². The second kappa shape index (κ2) is 7.33. The largest absolute Gasteiger partial charge is 0.496 e. The lowest BCUT2D eigenvalue weighted by Crippen LogP contribution is -2.48. The summed E-state index contributed by atoms with van der Waals surface area (Å²) in [5.41, 5.74) is 5.21. The van der Waals surface area contributed by atoms with Gasteiger partial charge in [-0.1, -0.05) is 18.2 Å². The summed E-state index contributed by atoms with van der Waals surface area (Å²) in [5.74, 6) is 3.31. The number of esters is 1. The fraction of sp³-hybridized carbons (Fsp3) is 0.429. The molecule has 4 fully saturated rings. The Morgan fingerprint density at radius 1 is 0.875 bits per heavy atom. The molecule has 4 saturated carbocycles. The molecule has 4 aliphatic carbocycles. The van der Waals surface area contributed by atoms with Gasteiger partial charge in [-0.2, -0.15) is 0 Å². The lowest BCUT2D eigenvalue weighted by Gasteiger charge is -2.57. The van der Waals surface area contributed by atoms with Gasteiger partial charge < -0.3 is 9.47 Å². The molecule has 0 radical (unpaired) electrons. The van der Waals surface area contributed by atoms with Gasteiger partial charge in [-0.25, -0.2) is 9.78 Å². The Morgan fingerprint density at radius 2 is 1.53 bits per heavy atom. The van der Waals surface area contributed by atoms with E-state index in [9.17, 15) is 4.79 Å². The molecule has 0 atom stereocenters. The summed E-state index contributed by atoms with van der Waals surface area (Å²) in [4.78, 5) is 16.3. The fourth-order valence-electron chi connectivity index (χ4n) is 7.27. The monoisotopic (exact) mass is 427 g/mol. The summed E-state index contributed by atoms with van der Waals surface area (Å²) < 4.78 is 10.7. The van der Waals surface area contributed by atoms with Crippen LogP contribution in [0.5, 0.6) is 5.75 Å². The lowest BCUT2D eigenvalue weighted by molar-refractivity contribution is -0.00613. The number of benzene rings is 2. The number of nitrogens with zero attached hydrogens (tertiary/aromatic N) is 1. The first-order valence-corrected chi connectivity index (χ1v) is 11.7. The van der Waals surface area contributed by atoms with Crippen molar-refractivity contribution >= 4 is 16.9 Å². The summed E-state index contributed by atoms with van der Waals surface area (Å²) in [7, 11) is 3.18. The van der Waals surface area contributed by atoms with Crippen molar-refractivity contribution in [1.82, 2.24) is 4.98 Å². The van der Waals surface area contributed by atoms with E-state index in [1.807, 2.05) is 12.1 Å². The Hall–Kier alpha value is -2.88. The van der Waals surface area contributed by atoms with E-state index in [0.717, 1.165) is 34.4 Å². The average Bonchev–Trinajstić information content (AvgIpc) is 2.81. The van der Waals surface area contributed by atoms with Crippen LogP contribution in [0.15, 0.2) is 48.5 Å². The van der Waals surface area contributed by atoms with Crippen molar-refractivity contribution in [3.63, 3.8) is 0 Å². The maximum absolute atomic E-state index is 11.8. The van der Waals surface area contributed by atoms with Gasteiger partial charge in [0.25, 0.3) is 0 Å². The quantitative estimate of drug-likeness (QED) is 0.468. The zero-order valence-corrected chi connectivity index (χ0v) is 18.8. The minimum Gasteiger partial charge on any atom is -0.496 e. The topological polar surface area (TPSA) is 48.4 Å². The molecule has 4 bridgehead atoms. The summed E-state index contributed by atoms with van der Waals surface area (Å²) in [5, 5.41) is 1.02. The first kappa shape index (κ1) is 19.8. The first-order chi connectivity index (χ1) is 15.6. The number of ether oxygens (including phenoxy) is 2. The van der Waals surface area contributed by atoms with Crippen molar-refractivity contribution in [2.45, 2.75) is 43.9 Å². The zero-order valence-electron chi connectivity index (χ0n) is 18.8. The van der Waals surface area contributed by atoms with E-state index in [1.54, 1.807) is 13.2 Å². The van der Waals surface area contributed by atoms with Gasteiger partial charge in [0, 0.05) is 10.9 Å². The van der Waals surface area contributed by atoms with Crippen LogP contribution in [0.1, 0.15) is 54.6 Å². The molecule has 0 spiro atoms. The molecule has 0 aliphatic heterocycles. The Bertz CT molecular complexity index is 1180. The minimum atomic E-state index is -0.411. The highest BCUT2D eigenvalue weighted by Gasteiger charge is 2.52. The first-order valence-electron chi connectivity index (χ1n) is 11.7. The number of carbonyl (C=O) groups is 1. The fourth-order valence-corrected chi connectivity index (χ4v) is 7.27. The zero-order chi connectivity index (χ0) is 21.9. The SMILES string of the molecule is COC(=O)c1ccc2cc(-c3ccc(OC)c(C45CC6CC(CC(C6)C4)C5)c3)ccc2n1. The Balaban J connectivity index is 1.41. The van der Waals surface area contributed by atoms with Crippen molar-refractivity contribution in [3.05, 3.63) is 59.8 Å². The summed E-state index contributed by atoms with van der Waals surface area (Å²) in [6, 6.07) is 16.6. The molecule has 0 unspecified atom stereocenters. The molecule has 4 aliphatic rings. The van der Waals surface area contributed by atoms with E-state index in [0.29, 0.717) is 5.69 Å². The molecule has 4 heteroatoms. The Labute approximate surface area is 189 Å². The summed E-state index contributed by atoms with van der Waals surface area (Å²) >= 11 is 0. The second-order valence-electron chi connectivity index (χ2n) is 10.2. The van der Waals surface area contributed by atoms with E-state index in [-0.39, 0.29) is 5.41 Å². The third-order valence-corrected chi connectivity index (χ3v) is 8.23. The van der Waals surface area contributed by atoms with Crippen molar-refractivity contribution < 1.29 is 14.3 Å². The third-order valence-electron chi connectivity index (χ3n) is 8.23. The van der Waals surface area contributed by atoms with Crippen molar-refractivity contribution in [2.24, 2.45) is 17.8 Å². The van der Waals surface area contributed by atoms with Crippen molar-refractivity contribution in [2.75, 3.05) is 14.2 Å². The number of aromatic nitrogens is 1. The van der Waals surface area contributed by atoms with Crippen LogP contribution in [0.4, 0.5) is 0 Å². The number of hydrogen-bond acceptors (Lipinski definition) is 4. The normalized spacial score (nSPS) is 28.1.